The Kier molecular flexibility index (Phi) is 5.74. The van der Waals surface area contributed by atoms with Crippen LogP contribution in [0.4, 0.5) is 5.69 Å². The van der Waals surface area contributed by atoms with E-state index in [0.29, 0.717) is 0 Å². The number of anilines is 1. The Balaban J connectivity index is 2.11. The molecule has 0 radical (unpaired) electrons. The molecule has 2 rings (SSSR count). The first-order valence-corrected chi connectivity index (χ1v) is 8.23. The van der Waals surface area contributed by atoms with E-state index in [4.69, 9.17) is 11.6 Å². The molecule has 0 amide bonds. The van der Waals surface area contributed by atoms with Gasteiger partial charge in [0, 0.05) is 30.3 Å². The average molecular weight is 295 g/mol. The first kappa shape index (κ1) is 15.7. The molecule has 1 aliphatic rings. The fourth-order valence-electron chi connectivity index (χ4n) is 2.93. The third-order valence-corrected chi connectivity index (χ3v) is 4.53. The van der Waals surface area contributed by atoms with E-state index in [0.717, 1.165) is 36.5 Å². The summed E-state index contributed by atoms with van der Waals surface area (Å²) in [7, 11) is 0. The molecule has 1 unspecified atom stereocenters. The predicted molar refractivity (Wildman–Crippen MR) is 88.6 cm³/mol. The van der Waals surface area contributed by atoms with Gasteiger partial charge >= 0.3 is 0 Å². The molecule has 3 heteroatoms. The second-order valence-corrected chi connectivity index (χ2v) is 6.63. The molecule has 112 valence electrons. The van der Waals surface area contributed by atoms with Crippen molar-refractivity contribution in [2.75, 3.05) is 24.5 Å². The predicted octanol–water partition coefficient (Wildman–Crippen LogP) is 4.32. The van der Waals surface area contributed by atoms with Crippen LogP contribution in [0.15, 0.2) is 18.2 Å². The van der Waals surface area contributed by atoms with Crippen LogP contribution in [0, 0.1) is 11.8 Å². The maximum atomic E-state index is 6.21. The molecule has 0 aromatic heterocycles. The Labute approximate surface area is 128 Å². The van der Waals surface area contributed by atoms with Gasteiger partial charge < -0.3 is 10.2 Å². The maximum Gasteiger partial charge on any atom is 0.0426 e. The van der Waals surface area contributed by atoms with Gasteiger partial charge in [0.15, 0.2) is 0 Å². The van der Waals surface area contributed by atoms with Crippen molar-refractivity contribution < 1.29 is 0 Å². The summed E-state index contributed by atoms with van der Waals surface area (Å²) in [6.45, 7) is 11.2. The third kappa shape index (κ3) is 3.89. The average Bonchev–Trinajstić information content (AvgIpc) is 2.90. The van der Waals surface area contributed by atoms with Gasteiger partial charge in [-0.25, -0.2) is 0 Å². The first-order chi connectivity index (χ1) is 9.61. The van der Waals surface area contributed by atoms with Crippen molar-refractivity contribution in [3.05, 3.63) is 28.8 Å². The zero-order valence-corrected chi connectivity index (χ0v) is 13.7. The molecule has 1 atom stereocenters. The number of hydrogen-bond acceptors (Lipinski definition) is 2. The lowest BCUT2D eigenvalue weighted by Crippen LogP contribution is -2.24. The molecular formula is C17H27ClN2. The van der Waals surface area contributed by atoms with Crippen LogP contribution in [-0.4, -0.2) is 19.6 Å². The smallest absolute Gasteiger partial charge is 0.0426 e. The molecule has 1 aliphatic heterocycles. The Bertz CT molecular complexity index is 431. The van der Waals surface area contributed by atoms with Crippen LogP contribution in [0.25, 0.3) is 0 Å². The number of nitrogens with zero attached hydrogens (tertiary/aromatic N) is 1. The zero-order valence-electron chi connectivity index (χ0n) is 13.0. The third-order valence-electron chi connectivity index (χ3n) is 4.30. The summed E-state index contributed by atoms with van der Waals surface area (Å²) < 4.78 is 0. The van der Waals surface area contributed by atoms with Gasteiger partial charge in [0.25, 0.3) is 0 Å². The summed E-state index contributed by atoms with van der Waals surface area (Å²) in [5.41, 5.74) is 2.69. The fourth-order valence-corrected chi connectivity index (χ4v) is 3.10. The molecular weight excluding hydrogens is 268 g/mol. The van der Waals surface area contributed by atoms with Gasteiger partial charge in [0.1, 0.15) is 0 Å². The number of halogens is 1. The van der Waals surface area contributed by atoms with Crippen molar-refractivity contribution >= 4 is 17.3 Å². The van der Waals surface area contributed by atoms with Crippen LogP contribution in [0.3, 0.4) is 0 Å². The highest BCUT2D eigenvalue weighted by Gasteiger charge is 2.26. The van der Waals surface area contributed by atoms with E-state index in [1.165, 1.54) is 30.6 Å². The van der Waals surface area contributed by atoms with Crippen molar-refractivity contribution in [1.29, 1.82) is 0 Å². The Morgan fingerprint density at radius 2 is 2.20 bits per heavy atom. The molecule has 1 aromatic rings. The van der Waals surface area contributed by atoms with E-state index in [2.05, 4.69) is 43.1 Å². The van der Waals surface area contributed by atoms with Crippen molar-refractivity contribution in [3.63, 3.8) is 0 Å². The van der Waals surface area contributed by atoms with E-state index < -0.39 is 0 Å². The fraction of sp³-hybridized carbons (Fsp3) is 0.647. The number of benzene rings is 1. The highest BCUT2D eigenvalue weighted by Crippen LogP contribution is 2.32. The van der Waals surface area contributed by atoms with Crippen LogP contribution in [0.2, 0.25) is 5.02 Å². The minimum atomic E-state index is 0.765. The lowest BCUT2D eigenvalue weighted by atomic mass is 9.95. The summed E-state index contributed by atoms with van der Waals surface area (Å²) in [6, 6.07) is 6.31. The molecule has 0 spiro atoms. The van der Waals surface area contributed by atoms with Gasteiger partial charge in [0.2, 0.25) is 0 Å². The molecule has 0 saturated carbocycles. The quantitative estimate of drug-likeness (QED) is 0.786. The Hall–Kier alpha value is -0.730. The van der Waals surface area contributed by atoms with Crippen LogP contribution in [-0.2, 0) is 6.54 Å². The number of hydrogen-bond donors (Lipinski definition) is 1. The van der Waals surface area contributed by atoms with Crippen molar-refractivity contribution in [1.82, 2.24) is 5.32 Å². The standard InChI is InChI=1S/C17H27ClN2/c1-4-8-19-11-14-5-6-16(18)10-17(14)20-9-7-15(12-20)13(2)3/h5-6,10,13,15,19H,4,7-9,11-12H2,1-3H3. The molecule has 1 fully saturated rings. The van der Waals surface area contributed by atoms with E-state index in [9.17, 15) is 0 Å². The largest absolute Gasteiger partial charge is 0.371 e. The molecule has 0 bridgehead atoms. The van der Waals surface area contributed by atoms with Gasteiger partial charge in [-0.2, -0.15) is 0 Å². The van der Waals surface area contributed by atoms with Crippen LogP contribution in [0.1, 0.15) is 39.2 Å². The summed E-state index contributed by atoms with van der Waals surface area (Å²) >= 11 is 6.21. The highest BCUT2D eigenvalue weighted by atomic mass is 35.5. The van der Waals surface area contributed by atoms with Gasteiger partial charge in [-0.15, -0.1) is 0 Å². The molecule has 1 aromatic carbocycles. The van der Waals surface area contributed by atoms with Crippen molar-refractivity contribution in [2.24, 2.45) is 11.8 Å². The normalized spacial score (nSPS) is 19.1. The molecule has 2 nitrogen and oxygen atoms in total. The zero-order chi connectivity index (χ0) is 14.5. The van der Waals surface area contributed by atoms with Crippen molar-refractivity contribution in [2.45, 2.75) is 40.2 Å². The van der Waals surface area contributed by atoms with Gasteiger partial charge in [-0.05, 0) is 48.9 Å². The van der Waals surface area contributed by atoms with Crippen molar-refractivity contribution in [3.8, 4) is 0 Å². The topological polar surface area (TPSA) is 15.3 Å². The maximum absolute atomic E-state index is 6.21. The minimum Gasteiger partial charge on any atom is -0.371 e. The Morgan fingerprint density at radius 1 is 1.40 bits per heavy atom. The second-order valence-electron chi connectivity index (χ2n) is 6.19. The second kappa shape index (κ2) is 7.33. The molecule has 1 heterocycles. The summed E-state index contributed by atoms with van der Waals surface area (Å²) in [5.74, 6) is 1.58. The minimum absolute atomic E-state index is 0.765. The van der Waals surface area contributed by atoms with E-state index in [-0.39, 0.29) is 0 Å². The van der Waals surface area contributed by atoms with Crippen LogP contribution >= 0.6 is 11.6 Å². The summed E-state index contributed by atoms with van der Waals surface area (Å²) in [6.07, 6.45) is 2.47. The Morgan fingerprint density at radius 3 is 2.85 bits per heavy atom. The number of nitrogens with one attached hydrogen (secondary N) is 1. The SMILES string of the molecule is CCCNCc1ccc(Cl)cc1N1CCC(C(C)C)C1. The lowest BCUT2D eigenvalue weighted by Gasteiger charge is -2.23. The van der Waals surface area contributed by atoms with Gasteiger partial charge in [-0.3, -0.25) is 0 Å². The van der Waals surface area contributed by atoms with Gasteiger partial charge in [-0.1, -0.05) is 38.4 Å². The molecule has 20 heavy (non-hydrogen) atoms. The van der Waals surface area contributed by atoms with E-state index >= 15 is 0 Å². The summed E-state index contributed by atoms with van der Waals surface area (Å²) in [4.78, 5) is 2.51. The number of rotatable bonds is 6. The highest BCUT2D eigenvalue weighted by molar-refractivity contribution is 6.30. The summed E-state index contributed by atoms with van der Waals surface area (Å²) in [5, 5.41) is 4.34. The van der Waals surface area contributed by atoms with Gasteiger partial charge in [0.05, 0.1) is 0 Å². The molecule has 0 aliphatic carbocycles. The monoisotopic (exact) mass is 294 g/mol. The van der Waals surface area contributed by atoms with Crippen LogP contribution in [0.5, 0.6) is 0 Å². The van der Waals surface area contributed by atoms with E-state index in [1.807, 2.05) is 6.07 Å². The molecule has 1 N–H and O–H groups in total. The van der Waals surface area contributed by atoms with Crippen LogP contribution < -0.4 is 10.2 Å². The molecule has 1 saturated heterocycles. The lowest BCUT2D eigenvalue weighted by molar-refractivity contribution is 0.422. The first-order valence-electron chi connectivity index (χ1n) is 7.86. The van der Waals surface area contributed by atoms with E-state index in [1.54, 1.807) is 0 Å².